The predicted octanol–water partition coefficient (Wildman–Crippen LogP) is -0.677. The number of nitro groups is 1. The largest absolute Gasteiger partial charge is 0.464 e. The van der Waals surface area contributed by atoms with Gasteiger partial charge in [-0.2, -0.15) is 5.10 Å². The second-order valence-corrected chi connectivity index (χ2v) is 3.37. The molecule has 0 aliphatic carbocycles. The summed E-state index contributed by atoms with van der Waals surface area (Å²) < 4.78 is 10.1. The number of amides is 1. The van der Waals surface area contributed by atoms with Gasteiger partial charge in [-0.1, -0.05) is 0 Å². The SMILES string of the molecule is COCCn1nc(C(=O)OC)c([N+](=O)[O-])c1C(N)=O. The van der Waals surface area contributed by atoms with E-state index < -0.39 is 33.9 Å². The van der Waals surface area contributed by atoms with E-state index in [1.54, 1.807) is 0 Å². The fourth-order valence-electron chi connectivity index (χ4n) is 1.44. The number of hydrogen-bond acceptors (Lipinski definition) is 7. The summed E-state index contributed by atoms with van der Waals surface area (Å²) in [6.07, 6.45) is 0. The molecule has 0 bridgehead atoms. The first kappa shape index (κ1) is 14.6. The second kappa shape index (κ2) is 5.91. The molecule has 2 N–H and O–H groups in total. The Kier molecular flexibility index (Phi) is 4.53. The van der Waals surface area contributed by atoms with Crippen LogP contribution in [0.15, 0.2) is 0 Å². The monoisotopic (exact) mass is 272 g/mol. The molecule has 0 saturated heterocycles. The van der Waals surface area contributed by atoms with Crippen LogP contribution in [0.1, 0.15) is 21.0 Å². The molecule has 0 unspecified atom stereocenters. The normalized spacial score (nSPS) is 10.2. The molecule has 1 amide bonds. The number of methoxy groups -OCH3 is 2. The zero-order valence-corrected chi connectivity index (χ0v) is 10.3. The van der Waals surface area contributed by atoms with Crippen molar-refractivity contribution < 1.29 is 24.0 Å². The van der Waals surface area contributed by atoms with Crippen LogP contribution in [0.4, 0.5) is 5.69 Å². The average Bonchev–Trinajstić information content (AvgIpc) is 2.74. The van der Waals surface area contributed by atoms with Crippen molar-refractivity contribution in [1.29, 1.82) is 0 Å². The highest BCUT2D eigenvalue weighted by molar-refractivity contribution is 6.01. The third kappa shape index (κ3) is 2.85. The molecule has 0 aromatic carbocycles. The van der Waals surface area contributed by atoms with Gasteiger partial charge in [-0.05, 0) is 0 Å². The van der Waals surface area contributed by atoms with Gasteiger partial charge >= 0.3 is 11.7 Å². The lowest BCUT2D eigenvalue weighted by molar-refractivity contribution is -0.385. The molecule has 10 nitrogen and oxygen atoms in total. The van der Waals surface area contributed by atoms with E-state index in [9.17, 15) is 19.7 Å². The smallest absolute Gasteiger partial charge is 0.365 e. The van der Waals surface area contributed by atoms with Crippen LogP contribution in [-0.4, -0.2) is 47.4 Å². The van der Waals surface area contributed by atoms with Crippen LogP contribution in [0, 0.1) is 10.1 Å². The Hall–Kier alpha value is -2.49. The maximum atomic E-state index is 11.4. The number of primary amides is 1. The Morgan fingerprint density at radius 1 is 1.47 bits per heavy atom. The molecule has 104 valence electrons. The molecule has 10 heteroatoms. The van der Waals surface area contributed by atoms with Gasteiger partial charge in [-0.3, -0.25) is 19.6 Å². The van der Waals surface area contributed by atoms with Crippen LogP contribution in [0.2, 0.25) is 0 Å². The van der Waals surface area contributed by atoms with Crippen LogP contribution in [0.25, 0.3) is 0 Å². The number of nitrogens with two attached hydrogens (primary N) is 1. The van der Waals surface area contributed by atoms with Crippen molar-refractivity contribution >= 4 is 17.6 Å². The highest BCUT2D eigenvalue weighted by Crippen LogP contribution is 2.24. The van der Waals surface area contributed by atoms with Gasteiger partial charge in [-0.15, -0.1) is 0 Å². The minimum atomic E-state index is -1.06. The Bertz CT molecular complexity index is 523. The Labute approximate surface area is 107 Å². The highest BCUT2D eigenvalue weighted by atomic mass is 16.6. The zero-order chi connectivity index (χ0) is 14.6. The summed E-state index contributed by atoms with van der Waals surface area (Å²) in [6, 6.07) is 0. The van der Waals surface area contributed by atoms with E-state index >= 15 is 0 Å². The highest BCUT2D eigenvalue weighted by Gasteiger charge is 2.35. The van der Waals surface area contributed by atoms with Crippen molar-refractivity contribution in [2.45, 2.75) is 6.54 Å². The van der Waals surface area contributed by atoms with E-state index in [0.717, 1.165) is 11.8 Å². The number of carbonyl (C=O) groups excluding carboxylic acids is 2. The Morgan fingerprint density at radius 3 is 2.53 bits per heavy atom. The summed E-state index contributed by atoms with van der Waals surface area (Å²) >= 11 is 0. The van der Waals surface area contributed by atoms with Crippen LogP contribution in [-0.2, 0) is 16.0 Å². The molecule has 19 heavy (non-hydrogen) atoms. The van der Waals surface area contributed by atoms with Crippen molar-refractivity contribution in [1.82, 2.24) is 9.78 Å². The molecule has 0 radical (unpaired) electrons. The molecule has 0 atom stereocenters. The number of nitrogens with zero attached hydrogens (tertiary/aromatic N) is 3. The lowest BCUT2D eigenvalue weighted by Gasteiger charge is -2.02. The third-order valence-electron chi connectivity index (χ3n) is 2.23. The Morgan fingerprint density at radius 2 is 2.11 bits per heavy atom. The fourth-order valence-corrected chi connectivity index (χ4v) is 1.44. The van der Waals surface area contributed by atoms with Crippen LogP contribution >= 0.6 is 0 Å². The van der Waals surface area contributed by atoms with Gasteiger partial charge in [0, 0.05) is 7.11 Å². The van der Waals surface area contributed by atoms with Gasteiger partial charge in [0.1, 0.15) is 0 Å². The number of esters is 1. The van der Waals surface area contributed by atoms with Gasteiger partial charge < -0.3 is 15.2 Å². The first-order chi connectivity index (χ1) is 8.93. The molecule has 0 aliphatic rings. The molecular weight excluding hydrogens is 260 g/mol. The minimum absolute atomic E-state index is 0.0343. The van der Waals surface area contributed by atoms with Gasteiger partial charge in [0.15, 0.2) is 0 Å². The van der Waals surface area contributed by atoms with Crippen molar-refractivity contribution in [2.24, 2.45) is 5.73 Å². The van der Waals surface area contributed by atoms with E-state index in [-0.39, 0.29) is 13.2 Å². The number of rotatable bonds is 6. The first-order valence-corrected chi connectivity index (χ1v) is 5.06. The van der Waals surface area contributed by atoms with Gasteiger partial charge in [0.25, 0.3) is 5.91 Å². The van der Waals surface area contributed by atoms with Gasteiger partial charge in [0.2, 0.25) is 11.4 Å². The van der Waals surface area contributed by atoms with Crippen LogP contribution < -0.4 is 5.73 Å². The van der Waals surface area contributed by atoms with E-state index in [2.05, 4.69) is 9.84 Å². The average molecular weight is 272 g/mol. The van der Waals surface area contributed by atoms with Crippen molar-refractivity contribution in [3.05, 3.63) is 21.5 Å². The van der Waals surface area contributed by atoms with Gasteiger partial charge in [-0.25, -0.2) is 4.79 Å². The lowest BCUT2D eigenvalue weighted by Crippen LogP contribution is -2.20. The van der Waals surface area contributed by atoms with E-state index in [1.165, 1.54) is 7.11 Å². The second-order valence-electron chi connectivity index (χ2n) is 3.37. The molecular formula is C9H12N4O6. The van der Waals surface area contributed by atoms with Gasteiger partial charge in [0.05, 0.1) is 25.2 Å². The summed E-state index contributed by atoms with van der Waals surface area (Å²) in [5, 5.41) is 14.6. The van der Waals surface area contributed by atoms with Crippen LogP contribution in [0.3, 0.4) is 0 Å². The Balaban J connectivity index is 3.44. The maximum Gasteiger partial charge on any atom is 0.365 e. The number of ether oxygens (including phenoxy) is 2. The van der Waals surface area contributed by atoms with E-state index in [1.807, 2.05) is 0 Å². The molecule has 1 heterocycles. The van der Waals surface area contributed by atoms with Crippen molar-refractivity contribution in [3.8, 4) is 0 Å². The molecule has 1 aromatic rings. The fraction of sp³-hybridized carbons (Fsp3) is 0.444. The molecule has 0 fully saturated rings. The molecule has 0 aliphatic heterocycles. The molecule has 0 spiro atoms. The number of hydrogen-bond donors (Lipinski definition) is 1. The topological polar surface area (TPSA) is 140 Å². The maximum absolute atomic E-state index is 11.4. The lowest BCUT2D eigenvalue weighted by atomic mass is 10.2. The number of carbonyl (C=O) groups is 2. The van der Waals surface area contributed by atoms with E-state index in [4.69, 9.17) is 10.5 Å². The summed E-state index contributed by atoms with van der Waals surface area (Å²) in [5.74, 6) is -2.09. The molecule has 0 saturated carbocycles. The summed E-state index contributed by atoms with van der Waals surface area (Å²) in [4.78, 5) is 32.8. The van der Waals surface area contributed by atoms with Crippen molar-refractivity contribution in [3.63, 3.8) is 0 Å². The molecule has 1 aromatic heterocycles. The van der Waals surface area contributed by atoms with Crippen LogP contribution in [0.5, 0.6) is 0 Å². The molecule has 1 rings (SSSR count). The van der Waals surface area contributed by atoms with Crippen molar-refractivity contribution in [2.75, 3.05) is 20.8 Å². The quantitative estimate of drug-likeness (QED) is 0.411. The third-order valence-corrected chi connectivity index (χ3v) is 2.23. The predicted molar refractivity (Wildman–Crippen MR) is 60.6 cm³/mol. The van der Waals surface area contributed by atoms with E-state index in [0.29, 0.717) is 0 Å². The zero-order valence-electron chi connectivity index (χ0n) is 10.3. The minimum Gasteiger partial charge on any atom is -0.464 e. The summed E-state index contributed by atoms with van der Waals surface area (Å²) in [7, 11) is 2.45. The first-order valence-electron chi connectivity index (χ1n) is 5.06. The summed E-state index contributed by atoms with van der Waals surface area (Å²) in [6.45, 7) is 0.173. The number of aromatic nitrogens is 2. The standard InChI is InChI=1S/C9H12N4O6/c1-18-4-3-12-7(8(10)14)6(13(16)17)5(11-12)9(15)19-2/h3-4H2,1-2H3,(H2,10,14). The summed E-state index contributed by atoms with van der Waals surface area (Å²) in [5.41, 5.74) is 3.27.